The van der Waals surface area contributed by atoms with E-state index in [1.54, 1.807) is 0 Å². The number of aromatic nitrogens is 2. The van der Waals surface area contributed by atoms with E-state index in [-0.39, 0.29) is 11.9 Å². The molecule has 1 amide bonds. The Kier molecular flexibility index (Phi) is 5.51. The van der Waals surface area contributed by atoms with E-state index in [1.807, 2.05) is 57.2 Å². The second-order valence-electron chi connectivity index (χ2n) is 6.38. The minimum absolute atomic E-state index is 0.00134. The number of nitrogens with zero attached hydrogens (tertiary/aromatic N) is 2. The molecule has 0 saturated carbocycles. The smallest absolute Gasteiger partial charge is 0.247 e. The fraction of sp³-hybridized carbons (Fsp3) is 0.350. The summed E-state index contributed by atoms with van der Waals surface area (Å²) < 4.78 is 11.2. The van der Waals surface area contributed by atoms with E-state index in [2.05, 4.69) is 15.5 Å². The van der Waals surface area contributed by atoms with Gasteiger partial charge >= 0.3 is 0 Å². The van der Waals surface area contributed by atoms with Crippen molar-refractivity contribution >= 4 is 5.91 Å². The van der Waals surface area contributed by atoms with Crippen molar-refractivity contribution in [3.8, 4) is 11.5 Å². The first-order chi connectivity index (χ1) is 12.5. The maximum atomic E-state index is 12.2. The van der Waals surface area contributed by atoms with Gasteiger partial charge in [0.25, 0.3) is 0 Å². The van der Waals surface area contributed by atoms with Gasteiger partial charge in [0.1, 0.15) is 11.5 Å². The van der Waals surface area contributed by atoms with Crippen LogP contribution in [0.4, 0.5) is 0 Å². The van der Waals surface area contributed by atoms with Crippen molar-refractivity contribution in [1.29, 1.82) is 0 Å². The molecule has 1 unspecified atom stereocenters. The SMILES string of the molecule is Cc1cc(C(C)NC(=O)CCCc2nnc(-c3ccccc3)o2)c(C)o1. The molecule has 0 aliphatic rings. The normalized spacial score (nSPS) is 12.1. The van der Waals surface area contributed by atoms with Gasteiger partial charge < -0.3 is 14.2 Å². The maximum absolute atomic E-state index is 12.2. The summed E-state index contributed by atoms with van der Waals surface area (Å²) in [6.45, 7) is 5.77. The molecule has 26 heavy (non-hydrogen) atoms. The average molecular weight is 353 g/mol. The molecule has 0 radical (unpaired) electrons. The summed E-state index contributed by atoms with van der Waals surface area (Å²) in [5.41, 5.74) is 1.91. The van der Waals surface area contributed by atoms with Gasteiger partial charge in [0.05, 0.1) is 6.04 Å². The van der Waals surface area contributed by atoms with Gasteiger partial charge in [0.15, 0.2) is 0 Å². The van der Waals surface area contributed by atoms with Crippen molar-refractivity contribution in [3.05, 3.63) is 59.4 Å². The predicted octanol–water partition coefficient (Wildman–Crippen LogP) is 4.15. The van der Waals surface area contributed by atoms with Crippen LogP contribution < -0.4 is 5.32 Å². The van der Waals surface area contributed by atoms with Crippen LogP contribution in [-0.2, 0) is 11.2 Å². The van der Waals surface area contributed by atoms with Crippen LogP contribution in [0.5, 0.6) is 0 Å². The number of hydrogen-bond acceptors (Lipinski definition) is 5. The molecule has 136 valence electrons. The number of rotatable bonds is 7. The number of carbonyl (C=O) groups is 1. The summed E-state index contributed by atoms with van der Waals surface area (Å²) >= 11 is 0. The average Bonchev–Trinajstić information content (AvgIpc) is 3.22. The van der Waals surface area contributed by atoms with Crippen LogP contribution in [0.1, 0.15) is 48.8 Å². The molecule has 0 bridgehead atoms. The first-order valence-corrected chi connectivity index (χ1v) is 8.77. The van der Waals surface area contributed by atoms with Gasteiger partial charge in [-0.3, -0.25) is 4.79 Å². The van der Waals surface area contributed by atoms with Crippen LogP contribution in [0.2, 0.25) is 0 Å². The fourth-order valence-electron chi connectivity index (χ4n) is 2.92. The number of amides is 1. The van der Waals surface area contributed by atoms with E-state index in [0.717, 1.165) is 22.6 Å². The highest BCUT2D eigenvalue weighted by Gasteiger charge is 2.15. The Morgan fingerprint density at radius 2 is 1.92 bits per heavy atom. The van der Waals surface area contributed by atoms with E-state index in [4.69, 9.17) is 8.83 Å². The van der Waals surface area contributed by atoms with Crippen molar-refractivity contribution in [2.75, 3.05) is 0 Å². The van der Waals surface area contributed by atoms with Gasteiger partial charge in [0.2, 0.25) is 17.7 Å². The monoisotopic (exact) mass is 353 g/mol. The minimum atomic E-state index is -0.0759. The first-order valence-electron chi connectivity index (χ1n) is 8.77. The molecule has 0 aliphatic carbocycles. The van der Waals surface area contributed by atoms with Crippen LogP contribution >= 0.6 is 0 Å². The Bertz CT molecular complexity index is 868. The van der Waals surface area contributed by atoms with Crippen molar-refractivity contribution in [1.82, 2.24) is 15.5 Å². The molecule has 2 aromatic heterocycles. The number of hydrogen-bond donors (Lipinski definition) is 1. The van der Waals surface area contributed by atoms with E-state index < -0.39 is 0 Å². The van der Waals surface area contributed by atoms with Crippen molar-refractivity contribution in [2.24, 2.45) is 0 Å². The topological polar surface area (TPSA) is 81.2 Å². The largest absolute Gasteiger partial charge is 0.466 e. The summed E-state index contributed by atoms with van der Waals surface area (Å²) in [6, 6.07) is 11.5. The molecule has 1 N–H and O–H groups in total. The van der Waals surface area contributed by atoms with Gasteiger partial charge in [-0.05, 0) is 45.4 Å². The first kappa shape index (κ1) is 17.9. The summed E-state index contributed by atoms with van der Waals surface area (Å²) in [5, 5.41) is 11.1. The second kappa shape index (κ2) is 7.99. The quantitative estimate of drug-likeness (QED) is 0.690. The Morgan fingerprint density at radius 1 is 1.15 bits per heavy atom. The van der Waals surface area contributed by atoms with Gasteiger partial charge in [-0.2, -0.15) is 0 Å². The molecule has 1 aromatic carbocycles. The summed E-state index contributed by atoms with van der Waals surface area (Å²) in [7, 11) is 0. The minimum Gasteiger partial charge on any atom is -0.466 e. The highest BCUT2D eigenvalue weighted by atomic mass is 16.4. The molecule has 1 atom stereocenters. The Balaban J connectivity index is 1.47. The van der Waals surface area contributed by atoms with Crippen LogP contribution in [0.25, 0.3) is 11.5 Å². The molecule has 3 aromatic rings. The fourth-order valence-corrected chi connectivity index (χ4v) is 2.92. The molecule has 0 saturated heterocycles. The predicted molar refractivity (Wildman–Crippen MR) is 97.4 cm³/mol. The third kappa shape index (κ3) is 4.39. The van der Waals surface area contributed by atoms with E-state index >= 15 is 0 Å². The van der Waals surface area contributed by atoms with Crippen LogP contribution in [0.15, 0.2) is 45.2 Å². The van der Waals surface area contributed by atoms with Crippen molar-refractivity contribution < 1.29 is 13.6 Å². The van der Waals surface area contributed by atoms with E-state index in [0.29, 0.717) is 31.0 Å². The summed E-state index contributed by atoms with van der Waals surface area (Å²) in [4.78, 5) is 12.2. The third-order valence-corrected chi connectivity index (χ3v) is 4.21. The lowest BCUT2D eigenvalue weighted by Gasteiger charge is -2.12. The van der Waals surface area contributed by atoms with E-state index in [1.165, 1.54) is 0 Å². The Hall–Kier alpha value is -2.89. The molecule has 0 aliphatic heterocycles. The number of furan rings is 1. The van der Waals surface area contributed by atoms with Crippen LogP contribution in [0.3, 0.4) is 0 Å². The highest BCUT2D eigenvalue weighted by molar-refractivity contribution is 5.76. The summed E-state index contributed by atoms with van der Waals surface area (Å²) in [6.07, 6.45) is 1.63. The van der Waals surface area contributed by atoms with Crippen LogP contribution in [0, 0.1) is 13.8 Å². The van der Waals surface area contributed by atoms with Gasteiger partial charge in [-0.15, -0.1) is 10.2 Å². The standard InChI is InChI=1S/C20H23N3O3/c1-13-12-17(15(3)25-13)14(2)21-18(24)10-7-11-19-22-23-20(26-19)16-8-5-4-6-9-16/h4-6,8-9,12,14H,7,10-11H2,1-3H3,(H,21,24). The number of benzene rings is 1. The van der Waals surface area contributed by atoms with Crippen LogP contribution in [-0.4, -0.2) is 16.1 Å². The Morgan fingerprint density at radius 3 is 2.62 bits per heavy atom. The molecule has 6 heteroatoms. The lowest BCUT2D eigenvalue weighted by Crippen LogP contribution is -2.26. The zero-order chi connectivity index (χ0) is 18.5. The third-order valence-electron chi connectivity index (χ3n) is 4.21. The van der Waals surface area contributed by atoms with Gasteiger partial charge in [0, 0.05) is 24.0 Å². The van der Waals surface area contributed by atoms with Crippen molar-refractivity contribution in [2.45, 2.75) is 46.1 Å². The lowest BCUT2D eigenvalue weighted by molar-refractivity contribution is -0.121. The molecule has 6 nitrogen and oxygen atoms in total. The van der Waals surface area contributed by atoms with Gasteiger partial charge in [-0.1, -0.05) is 18.2 Å². The van der Waals surface area contributed by atoms with Crippen molar-refractivity contribution in [3.63, 3.8) is 0 Å². The summed E-state index contributed by atoms with van der Waals surface area (Å²) in [5.74, 6) is 2.74. The molecule has 0 fully saturated rings. The molecular formula is C20H23N3O3. The number of aryl methyl sites for hydroxylation is 3. The molecule has 3 rings (SSSR count). The van der Waals surface area contributed by atoms with Gasteiger partial charge in [-0.25, -0.2) is 0 Å². The second-order valence-corrected chi connectivity index (χ2v) is 6.38. The maximum Gasteiger partial charge on any atom is 0.247 e. The molecule has 2 heterocycles. The highest BCUT2D eigenvalue weighted by Crippen LogP contribution is 2.21. The molecular weight excluding hydrogens is 330 g/mol. The number of nitrogens with one attached hydrogen (secondary N) is 1. The lowest BCUT2D eigenvalue weighted by atomic mass is 10.1. The zero-order valence-corrected chi connectivity index (χ0v) is 15.3. The van der Waals surface area contributed by atoms with E-state index in [9.17, 15) is 4.79 Å². The molecule has 0 spiro atoms. The Labute approximate surface area is 152 Å². The number of carbonyl (C=O) groups excluding carboxylic acids is 1. The zero-order valence-electron chi connectivity index (χ0n) is 15.3.